The monoisotopic (exact) mass is 183 g/mol. The number of rotatable bonds is 4. The summed E-state index contributed by atoms with van der Waals surface area (Å²) in [5, 5.41) is 1.01. The fourth-order valence-electron chi connectivity index (χ4n) is 0.737. The van der Waals surface area contributed by atoms with Crippen LogP contribution in [0.3, 0.4) is 0 Å². The van der Waals surface area contributed by atoms with Gasteiger partial charge in [-0.05, 0) is 25.1 Å². The lowest BCUT2D eigenvalue weighted by Gasteiger charge is -1.98. The van der Waals surface area contributed by atoms with Crippen LogP contribution in [0.1, 0.15) is 6.42 Å². The first kappa shape index (κ1) is 9.35. The number of nitrogens with two attached hydrogens (primary N) is 2. The second-order valence-electron chi connectivity index (χ2n) is 2.42. The van der Waals surface area contributed by atoms with E-state index in [2.05, 4.69) is 4.98 Å². The van der Waals surface area contributed by atoms with E-state index < -0.39 is 0 Å². The molecule has 0 saturated carbocycles. The van der Waals surface area contributed by atoms with Crippen LogP contribution < -0.4 is 11.5 Å². The van der Waals surface area contributed by atoms with Crippen molar-refractivity contribution in [2.75, 3.05) is 18.0 Å². The van der Waals surface area contributed by atoms with Crippen LogP contribution in [0.15, 0.2) is 23.4 Å². The van der Waals surface area contributed by atoms with Crippen molar-refractivity contribution in [3.8, 4) is 0 Å². The molecule has 0 aliphatic carbocycles. The lowest BCUT2D eigenvalue weighted by molar-refractivity contribution is 0.940. The van der Waals surface area contributed by atoms with E-state index in [0.717, 1.165) is 23.7 Å². The second kappa shape index (κ2) is 5.00. The maximum Gasteiger partial charge on any atom is 0.0961 e. The van der Waals surface area contributed by atoms with E-state index in [-0.39, 0.29) is 0 Å². The molecule has 4 heteroatoms. The van der Waals surface area contributed by atoms with Gasteiger partial charge in [0.1, 0.15) is 0 Å². The minimum Gasteiger partial charge on any atom is -0.397 e. The van der Waals surface area contributed by atoms with Gasteiger partial charge in [-0.15, -0.1) is 11.8 Å². The molecule has 0 aliphatic rings. The van der Waals surface area contributed by atoms with Crippen LogP contribution in [0, 0.1) is 0 Å². The van der Waals surface area contributed by atoms with E-state index in [1.807, 2.05) is 12.1 Å². The molecular weight excluding hydrogens is 170 g/mol. The summed E-state index contributed by atoms with van der Waals surface area (Å²) in [7, 11) is 0. The Bertz CT molecular complexity index is 222. The number of nitrogen functional groups attached to an aromatic ring is 1. The molecule has 1 rings (SSSR count). The smallest absolute Gasteiger partial charge is 0.0961 e. The van der Waals surface area contributed by atoms with Crippen LogP contribution >= 0.6 is 11.8 Å². The predicted octanol–water partition coefficient (Wildman–Crippen LogP) is 1.10. The fraction of sp³-hybridized carbons (Fsp3) is 0.375. The predicted molar refractivity (Wildman–Crippen MR) is 53.0 cm³/mol. The SMILES string of the molecule is NCCCSc1ccc(N)cn1. The number of nitrogens with zero attached hydrogens (tertiary/aromatic N) is 1. The van der Waals surface area contributed by atoms with Crippen LogP contribution in [0.25, 0.3) is 0 Å². The molecule has 0 fully saturated rings. The lowest BCUT2D eigenvalue weighted by atomic mass is 10.4. The lowest BCUT2D eigenvalue weighted by Crippen LogP contribution is -1.99. The van der Waals surface area contributed by atoms with Gasteiger partial charge in [-0.1, -0.05) is 0 Å². The molecule has 0 aliphatic heterocycles. The zero-order chi connectivity index (χ0) is 8.81. The summed E-state index contributed by atoms with van der Waals surface area (Å²) in [5.41, 5.74) is 11.6. The molecule has 0 unspecified atom stereocenters. The molecular formula is C8H13N3S. The van der Waals surface area contributed by atoms with Gasteiger partial charge in [0.2, 0.25) is 0 Å². The van der Waals surface area contributed by atoms with Gasteiger partial charge in [-0.3, -0.25) is 0 Å². The normalized spacial score (nSPS) is 10.1. The highest BCUT2D eigenvalue weighted by atomic mass is 32.2. The van der Waals surface area contributed by atoms with Gasteiger partial charge in [0.15, 0.2) is 0 Å². The molecule has 1 heterocycles. The highest BCUT2D eigenvalue weighted by molar-refractivity contribution is 7.99. The first-order chi connectivity index (χ1) is 5.83. The van der Waals surface area contributed by atoms with Crippen molar-refractivity contribution >= 4 is 17.4 Å². The summed E-state index contributed by atoms with van der Waals surface area (Å²) in [5.74, 6) is 1.02. The number of pyridine rings is 1. The first-order valence-corrected chi connectivity index (χ1v) is 4.86. The summed E-state index contributed by atoms with van der Waals surface area (Å²) in [6.45, 7) is 0.738. The van der Waals surface area contributed by atoms with Gasteiger partial charge in [-0.25, -0.2) is 4.98 Å². The summed E-state index contributed by atoms with van der Waals surface area (Å²) in [4.78, 5) is 4.15. The number of thioether (sulfide) groups is 1. The second-order valence-corrected chi connectivity index (χ2v) is 3.54. The van der Waals surface area contributed by atoms with Crippen LogP contribution in [0.2, 0.25) is 0 Å². The minimum absolute atomic E-state index is 0.707. The Balaban J connectivity index is 2.37. The summed E-state index contributed by atoms with van der Waals surface area (Å²) in [6.07, 6.45) is 2.70. The largest absolute Gasteiger partial charge is 0.397 e. The summed E-state index contributed by atoms with van der Waals surface area (Å²) >= 11 is 1.71. The van der Waals surface area contributed by atoms with Crippen molar-refractivity contribution < 1.29 is 0 Å². The Morgan fingerprint density at radius 3 is 2.83 bits per heavy atom. The van der Waals surface area contributed by atoms with Crippen molar-refractivity contribution in [3.05, 3.63) is 18.3 Å². The van der Waals surface area contributed by atoms with Gasteiger partial charge in [0.25, 0.3) is 0 Å². The van der Waals surface area contributed by atoms with Gasteiger partial charge in [0.05, 0.1) is 16.9 Å². The van der Waals surface area contributed by atoms with Gasteiger partial charge in [0, 0.05) is 5.75 Å². The quantitative estimate of drug-likeness (QED) is 0.542. The molecule has 4 N–H and O–H groups in total. The molecule has 0 bridgehead atoms. The van der Waals surface area contributed by atoms with Crippen LogP contribution in [-0.4, -0.2) is 17.3 Å². The highest BCUT2D eigenvalue weighted by Crippen LogP contribution is 2.16. The molecule has 0 spiro atoms. The van der Waals surface area contributed by atoms with Gasteiger partial charge >= 0.3 is 0 Å². The molecule has 0 amide bonds. The van der Waals surface area contributed by atoms with E-state index >= 15 is 0 Å². The summed E-state index contributed by atoms with van der Waals surface area (Å²) < 4.78 is 0. The molecule has 12 heavy (non-hydrogen) atoms. The third-order valence-corrected chi connectivity index (χ3v) is 2.39. The average Bonchev–Trinajstić information content (AvgIpc) is 2.09. The Morgan fingerprint density at radius 2 is 2.25 bits per heavy atom. The molecule has 0 saturated heterocycles. The van der Waals surface area contributed by atoms with Crippen LogP contribution in [0.4, 0.5) is 5.69 Å². The van der Waals surface area contributed by atoms with E-state index in [1.54, 1.807) is 18.0 Å². The Kier molecular flexibility index (Phi) is 3.90. The molecule has 1 aromatic heterocycles. The van der Waals surface area contributed by atoms with Crippen molar-refractivity contribution in [2.24, 2.45) is 5.73 Å². The minimum atomic E-state index is 0.707. The van der Waals surface area contributed by atoms with E-state index in [9.17, 15) is 0 Å². The Morgan fingerprint density at radius 1 is 1.42 bits per heavy atom. The third-order valence-electron chi connectivity index (χ3n) is 1.36. The number of anilines is 1. The van der Waals surface area contributed by atoms with Crippen molar-refractivity contribution in [1.82, 2.24) is 4.98 Å². The van der Waals surface area contributed by atoms with Crippen molar-refractivity contribution in [3.63, 3.8) is 0 Å². The van der Waals surface area contributed by atoms with Crippen molar-refractivity contribution in [2.45, 2.75) is 11.4 Å². The molecule has 1 aromatic rings. The fourth-order valence-corrected chi connectivity index (χ4v) is 1.55. The number of hydrogen-bond acceptors (Lipinski definition) is 4. The van der Waals surface area contributed by atoms with Crippen molar-refractivity contribution in [1.29, 1.82) is 0 Å². The number of hydrogen-bond donors (Lipinski definition) is 2. The molecule has 0 atom stereocenters. The molecule has 0 aromatic carbocycles. The standard InChI is InChI=1S/C8H13N3S/c9-4-1-5-12-8-3-2-7(10)6-11-8/h2-3,6H,1,4-5,9-10H2. The maximum atomic E-state index is 5.49. The zero-order valence-electron chi connectivity index (χ0n) is 6.86. The molecule has 66 valence electrons. The number of aromatic nitrogens is 1. The summed E-state index contributed by atoms with van der Waals surface area (Å²) in [6, 6.07) is 3.79. The van der Waals surface area contributed by atoms with Crippen LogP contribution in [0.5, 0.6) is 0 Å². The first-order valence-electron chi connectivity index (χ1n) is 3.87. The van der Waals surface area contributed by atoms with Crippen LogP contribution in [-0.2, 0) is 0 Å². The van der Waals surface area contributed by atoms with Gasteiger partial charge in [-0.2, -0.15) is 0 Å². The third kappa shape index (κ3) is 3.11. The zero-order valence-corrected chi connectivity index (χ0v) is 7.68. The van der Waals surface area contributed by atoms with E-state index in [0.29, 0.717) is 5.69 Å². The maximum absolute atomic E-state index is 5.49. The van der Waals surface area contributed by atoms with E-state index in [1.165, 1.54) is 0 Å². The Hall–Kier alpha value is -0.740. The highest BCUT2D eigenvalue weighted by Gasteiger charge is 1.93. The molecule has 0 radical (unpaired) electrons. The average molecular weight is 183 g/mol. The van der Waals surface area contributed by atoms with E-state index in [4.69, 9.17) is 11.5 Å². The Labute approximate surface area is 76.5 Å². The van der Waals surface area contributed by atoms with Gasteiger partial charge < -0.3 is 11.5 Å². The topological polar surface area (TPSA) is 64.9 Å². The molecule has 3 nitrogen and oxygen atoms in total.